The summed E-state index contributed by atoms with van der Waals surface area (Å²) < 4.78 is 0. The average Bonchev–Trinajstić information content (AvgIpc) is 2.58. The van der Waals surface area contributed by atoms with E-state index in [4.69, 9.17) is 33.1 Å². The quantitative estimate of drug-likeness (QED) is 0.0859. The van der Waals surface area contributed by atoms with Crippen LogP contribution in [0.4, 0.5) is 0 Å². The molecule has 0 fully saturated rings. The number of hydrogen-bond acceptors (Lipinski definition) is 7. The fourth-order valence-electron chi connectivity index (χ4n) is 1.94. The number of nitrogens with two attached hydrogens (primary N) is 4. The lowest BCUT2D eigenvalue weighted by Gasteiger charge is -2.22. The van der Waals surface area contributed by atoms with Crippen molar-refractivity contribution >= 4 is 29.7 Å². The van der Waals surface area contributed by atoms with Crippen LogP contribution in [0.3, 0.4) is 0 Å². The molecule has 0 saturated carbocycles. The zero-order chi connectivity index (χ0) is 21.0. The number of nitrogens with one attached hydrogen (secondary N) is 2. The molecule has 0 unspecified atom stereocenters. The summed E-state index contributed by atoms with van der Waals surface area (Å²) in [7, 11) is 0. The molecule has 0 aromatic rings. The molecule has 0 aliphatic carbocycles. The number of carbonyl (C=O) groups excluding carboxylic acids is 3. The largest absolute Gasteiger partial charge is 0.480 e. The van der Waals surface area contributed by atoms with Crippen molar-refractivity contribution in [2.24, 2.45) is 27.9 Å². The molecule has 12 N–H and O–H groups in total. The summed E-state index contributed by atoms with van der Waals surface area (Å²) >= 11 is 0. The van der Waals surface area contributed by atoms with E-state index in [-0.39, 0.29) is 31.8 Å². The molecule has 13 heteroatoms. The fraction of sp³-hybridized carbons (Fsp3) is 0.643. The van der Waals surface area contributed by atoms with Gasteiger partial charge in [-0.15, -0.1) is 0 Å². The SMILES string of the molecule is NC(=O)CC[C@H](NC(=O)[C@@H](N)CCCN=C(N)N)C(=O)N[C@@H](CO)C(=O)O. The van der Waals surface area contributed by atoms with E-state index in [2.05, 4.69) is 15.6 Å². The predicted molar refractivity (Wildman–Crippen MR) is 94.9 cm³/mol. The Labute approximate surface area is 155 Å². The van der Waals surface area contributed by atoms with Crippen molar-refractivity contribution in [3.63, 3.8) is 0 Å². The van der Waals surface area contributed by atoms with E-state index in [1.165, 1.54) is 0 Å². The molecule has 13 nitrogen and oxygen atoms in total. The highest BCUT2D eigenvalue weighted by Crippen LogP contribution is 2.02. The van der Waals surface area contributed by atoms with Crippen LogP contribution in [0, 0.1) is 0 Å². The normalized spacial score (nSPS) is 13.7. The van der Waals surface area contributed by atoms with Gasteiger partial charge < -0.3 is 43.8 Å². The van der Waals surface area contributed by atoms with Crippen molar-refractivity contribution in [1.82, 2.24) is 10.6 Å². The van der Waals surface area contributed by atoms with Gasteiger partial charge in [0.25, 0.3) is 0 Å². The molecule has 154 valence electrons. The van der Waals surface area contributed by atoms with E-state index in [0.717, 1.165) is 0 Å². The van der Waals surface area contributed by atoms with Gasteiger partial charge in [-0.1, -0.05) is 0 Å². The highest BCUT2D eigenvalue weighted by Gasteiger charge is 2.27. The molecule has 0 rings (SSSR count). The molecule has 27 heavy (non-hydrogen) atoms. The Balaban J connectivity index is 4.84. The average molecular weight is 389 g/mol. The number of aliphatic hydroxyl groups excluding tert-OH is 1. The second-order valence-electron chi connectivity index (χ2n) is 5.70. The van der Waals surface area contributed by atoms with Gasteiger partial charge in [0.2, 0.25) is 17.7 Å². The minimum atomic E-state index is -1.56. The first-order chi connectivity index (χ1) is 12.6. The van der Waals surface area contributed by atoms with Gasteiger partial charge in [0.15, 0.2) is 5.96 Å². The van der Waals surface area contributed by atoms with Gasteiger partial charge >= 0.3 is 5.97 Å². The van der Waals surface area contributed by atoms with Gasteiger partial charge in [0.1, 0.15) is 12.1 Å². The smallest absolute Gasteiger partial charge is 0.328 e. The Morgan fingerprint density at radius 3 is 2.04 bits per heavy atom. The lowest BCUT2D eigenvalue weighted by molar-refractivity contribution is -0.143. The molecule has 0 saturated heterocycles. The summed E-state index contributed by atoms with van der Waals surface area (Å²) in [6.07, 6.45) is 0.248. The van der Waals surface area contributed by atoms with Crippen molar-refractivity contribution in [3.8, 4) is 0 Å². The maximum atomic E-state index is 12.2. The number of carboxylic acids is 1. The number of hydrogen-bond donors (Lipinski definition) is 8. The Morgan fingerprint density at radius 2 is 1.56 bits per heavy atom. The van der Waals surface area contributed by atoms with Crippen molar-refractivity contribution in [1.29, 1.82) is 0 Å². The van der Waals surface area contributed by atoms with Gasteiger partial charge in [-0.05, 0) is 19.3 Å². The first-order valence-electron chi connectivity index (χ1n) is 8.12. The lowest BCUT2D eigenvalue weighted by Crippen LogP contribution is -2.55. The number of primary amides is 1. The van der Waals surface area contributed by atoms with Gasteiger partial charge in [-0.3, -0.25) is 19.4 Å². The molecule has 0 aliphatic heterocycles. The van der Waals surface area contributed by atoms with E-state index in [1.807, 2.05) is 0 Å². The molecule has 0 radical (unpaired) electrons. The number of rotatable bonds is 13. The van der Waals surface area contributed by atoms with Crippen LogP contribution in [0.15, 0.2) is 4.99 Å². The van der Waals surface area contributed by atoms with Gasteiger partial charge in [0, 0.05) is 13.0 Å². The van der Waals surface area contributed by atoms with Crippen LogP contribution in [0.1, 0.15) is 25.7 Å². The maximum Gasteiger partial charge on any atom is 0.328 e. The van der Waals surface area contributed by atoms with Crippen molar-refractivity contribution in [2.75, 3.05) is 13.2 Å². The first-order valence-corrected chi connectivity index (χ1v) is 8.12. The highest BCUT2D eigenvalue weighted by molar-refractivity contribution is 5.92. The molecule has 0 spiro atoms. The third-order valence-electron chi connectivity index (χ3n) is 3.41. The van der Waals surface area contributed by atoms with Crippen LogP contribution in [-0.4, -0.2) is 71.1 Å². The van der Waals surface area contributed by atoms with Crippen LogP contribution in [0.25, 0.3) is 0 Å². The number of carbonyl (C=O) groups is 4. The fourth-order valence-corrected chi connectivity index (χ4v) is 1.94. The van der Waals surface area contributed by atoms with E-state index in [0.29, 0.717) is 6.42 Å². The highest BCUT2D eigenvalue weighted by atomic mass is 16.4. The number of carboxylic acid groups (broad SMARTS) is 1. The Hall–Kier alpha value is -2.93. The Morgan fingerprint density at radius 1 is 0.963 bits per heavy atom. The number of amides is 3. The lowest BCUT2D eigenvalue weighted by atomic mass is 10.1. The first kappa shape index (κ1) is 24.1. The summed E-state index contributed by atoms with van der Waals surface area (Å²) in [5, 5.41) is 22.2. The standard InChI is InChI=1S/C14H27N7O6/c15-7(2-1-5-19-14(17)18)11(24)20-8(3-4-10(16)23)12(25)21-9(6-22)13(26)27/h7-9,22H,1-6,15H2,(H2,16,23)(H,20,24)(H,21,25)(H,26,27)(H4,17,18,19)/t7-,8-,9-/m0/s1. The molecule has 0 heterocycles. The number of aliphatic carboxylic acids is 1. The molecule has 0 aromatic heterocycles. The monoisotopic (exact) mass is 389 g/mol. The number of aliphatic imine (C=N–C) groups is 1. The molecule has 3 atom stereocenters. The van der Waals surface area contributed by atoms with Crippen molar-refractivity contribution < 1.29 is 29.4 Å². The molecular weight excluding hydrogens is 362 g/mol. The third-order valence-corrected chi connectivity index (χ3v) is 3.41. The van der Waals surface area contributed by atoms with E-state index < -0.39 is 48.4 Å². The van der Waals surface area contributed by atoms with Crippen molar-refractivity contribution in [3.05, 3.63) is 0 Å². The minimum absolute atomic E-state index is 0.0897. The molecule has 0 aliphatic rings. The molecule has 0 aromatic carbocycles. The van der Waals surface area contributed by atoms with Crippen LogP contribution in [0.2, 0.25) is 0 Å². The third kappa shape index (κ3) is 10.6. The van der Waals surface area contributed by atoms with Crippen molar-refractivity contribution in [2.45, 2.75) is 43.8 Å². The van der Waals surface area contributed by atoms with E-state index in [1.54, 1.807) is 0 Å². The predicted octanol–water partition coefficient (Wildman–Crippen LogP) is -4.32. The van der Waals surface area contributed by atoms with E-state index in [9.17, 15) is 19.2 Å². The zero-order valence-corrected chi connectivity index (χ0v) is 14.8. The summed E-state index contributed by atoms with van der Waals surface area (Å²) in [5.41, 5.74) is 21.1. The second kappa shape index (κ2) is 12.4. The molecule has 3 amide bonds. The molecule has 0 bridgehead atoms. The van der Waals surface area contributed by atoms with Gasteiger partial charge in [0.05, 0.1) is 12.6 Å². The van der Waals surface area contributed by atoms with Crippen LogP contribution < -0.4 is 33.6 Å². The number of guanidine groups is 1. The Kier molecular flexibility index (Phi) is 11.1. The van der Waals surface area contributed by atoms with Crippen LogP contribution in [0.5, 0.6) is 0 Å². The minimum Gasteiger partial charge on any atom is -0.480 e. The summed E-state index contributed by atoms with van der Waals surface area (Å²) in [6.45, 7) is -0.576. The van der Waals surface area contributed by atoms with Crippen LogP contribution >= 0.6 is 0 Å². The maximum absolute atomic E-state index is 12.2. The second-order valence-corrected chi connectivity index (χ2v) is 5.70. The molecular formula is C14H27N7O6. The topological polar surface area (TPSA) is 249 Å². The summed E-state index contributed by atoms with van der Waals surface area (Å²) in [4.78, 5) is 49.9. The van der Waals surface area contributed by atoms with Gasteiger partial charge in [-0.25, -0.2) is 4.79 Å². The Bertz CT molecular complexity index is 564. The summed E-state index contributed by atoms with van der Waals surface area (Å²) in [6, 6.07) is -3.78. The number of nitrogens with zero attached hydrogens (tertiary/aromatic N) is 1. The zero-order valence-electron chi connectivity index (χ0n) is 14.8. The van der Waals surface area contributed by atoms with E-state index >= 15 is 0 Å². The number of aliphatic hydroxyl groups is 1. The van der Waals surface area contributed by atoms with Crippen LogP contribution in [-0.2, 0) is 19.2 Å². The summed E-state index contributed by atoms with van der Waals surface area (Å²) in [5.74, 6) is -3.82. The van der Waals surface area contributed by atoms with Gasteiger partial charge in [-0.2, -0.15) is 0 Å².